The molecule has 0 aromatic heterocycles. The number of allylic oxidation sites excluding steroid dienone is 4. The zero-order valence-electron chi connectivity index (χ0n) is 12.9. The van der Waals surface area contributed by atoms with E-state index in [0.717, 1.165) is 12.0 Å². The van der Waals surface area contributed by atoms with Gasteiger partial charge in [0.25, 0.3) is 0 Å². The third kappa shape index (κ3) is 7.94. The molecule has 0 fully saturated rings. The molecule has 1 N–H and O–H groups in total. The minimum atomic E-state index is 0. The Labute approximate surface area is 144 Å². The third-order valence-corrected chi connectivity index (χ3v) is 2.79. The van der Waals surface area contributed by atoms with Crippen LogP contribution in [0, 0.1) is 13.0 Å². The molecule has 0 unspecified atom stereocenters. The van der Waals surface area contributed by atoms with Gasteiger partial charge in [0.05, 0.1) is 0 Å². The van der Waals surface area contributed by atoms with E-state index in [1.54, 1.807) is 6.07 Å². The molecule has 0 spiro atoms. The van der Waals surface area contributed by atoms with E-state index in [-0.39, 0.29) is 39.5 Å². The quantitative estimate of drug-likeness (QED) is 0.568. The number of phenols is 1. The van der Waals surface area contributed by atoms with Crippen molar-refractivity contribution in [1.82, 2.24) is 0 Å². The molecule has 0 saturated carbocycles. The molecule has 3 heteroatoms. The molecule has 1 aromatic rings. The van der Waals surface area contributed by atoms with Crippen molar-refractivity contribution in [2.75, 3.05) is 0 Å². The first-order valence-corrected chi connectivity index (χ1v) is 6.34. The maximum absolute atomic E-state index is 9.36. The van der Waals surface area contributed by atoms with Crippen LogP contribution in [0.1, 0.15) is 45.2 Å². The van der Waals surface area contributed by atoms with Crippen LogP contribution in [0.2, 0.25) is 0 Å². The number of phenolic OH excluding ortho intramolecular Hbond substituents is 1. The first-order chi connectivity index (χ1) is 8.29. The maximum atomic E-state index is 9.36. The zero-order valence-corrected chi connectivity index (χ0v) is 15.2. The fourth-order valence-electron chi connectivity index (χ4n) is 1.71. The van der Waals surface area contributed by atoms with Gasteiger partial charge in [0, 0.05) is 21.7 Å². The van der Waals surface area contributed by atoms with E-state index in [2.05, 4.69) is 52.0 Å². The summed E-state index contributed by atoms with van der Waals surface area (Å²) >= 11 is 0. The van der Waals surface area contributed by atoms with Crippen molar-refractivity contribution in [2.24, 2.45) is 0 Å². The summed E-state index contributed by atoms with van der Waals surface area (Å²) in [5.74, 6) is 0.361. The van der Waals surface area contributed by atoms with Crippen molar-refractivity contribution < 1.29 is 39.2 Å². The van der Waals surface area contributed by atoms with Crippen molar-refractivity contribution in [2.45, 2.75) is 46.5 Å². The van der Waals surface area contributed by atoms with Gasteiger partial charge < -0.3 is 17.5 Å². The Bertz CT molecular complexity index is 447. The van der Waals surface area contributed by atoms with Gasteiger partial charge in [-0.1, -0.05) is 33.8 Å². The Morgan fingerprint density at radius 1 is 1.10 bits per heavy atom. The molecule has 20 heavy (non-hydrogen) atoms. The summed E-state index contributed by atoms with van der Waals surface area (Å²) in [6, 6.07) is 5.71. The van der Waals surface area contributed by atoms with Crippen LogP contribution in [0.15, 0.2) is 35.9 Å². The molecule has 0 atom stereocenters. The monoisotopic (exact) mass is 326 g/mol. The Morgan fingerprint density at radius 3 is 2.00 bits per heavy atom. The summed E-state index contributed by atoms with van der Waals surface area (Å²) in [5.41, 5.74) is 3.68. The van der Waals surface area contributed by atoms with Crippen LogP contribution in [0.5, 0.6) is 5.75 Å². The average molecular weight is 327 g/mol. The summed E-state index contributed by atoms with van der Waals surface area (Å²) in [6.45, 7) is 10.5. The van der Waals surface area contributed by atoms with E-state index < -0.39 is 0 Å². The SMILES string of the molecule is CC1=[C-]CC=C1.Cc1cc(O)cc(C(C)(C)C)c1.[Cl-].[Ti]. The predicted octanol–water partition coefficient (Wildman–Crippen LogP) is 1.70. The zero-order chi connectivity index (χ0) is 13.8. The Hall–Kier alpha value is -0.496. The van der Waals surface area contributed by atoms with Crippen LogP contribution in [-0.4, -0.2) is 5.11 Å². The van der Waals surface area contributed by atoms with Gasteiger partial charge in [-0.25, -0.2) is 11.6 Å². The number of hydrogen-bond acceptors (Lipinski definition) is 1. The van der Waals surface area contributed by atoms with Gasteiger partial charge in [0.15, 0.2) is 0 Å². The minimum Gasteiger partial charge on any atom is -1.00 e. The number of benzene rings is 1. The molecule has 0 heterocycles. The van der Waals surface area contributed by atoms with Crippen molar-refractivity contribution in [1.29, 1.82) is 0 Å². The number of rotatable bonds is 0. The number of halogens is 1. The first-order valence-electron chi connectivity index (χ1n) is 6.34. The van der Waals surface area contributed by atoms with Gasteiger partial charge in [-0.05, 0) is 35.6 Å². The van der Waals surface area contributed by atoms with E-state index in [1.807, 2.05) is 13.0 Å². The van der Waals surface area contributed by atoms with Crippen LogP contribution in [-0.2, 0) is 27.1 Å². The van der Waals surface area contributed by atoms with E-state index >= 15 is 0 Å². The summed E-state index contributed by atoms with van der Waals surface area (Å²) in [5, 5.41) is 9.36. The number of hydrogen-bond donors (Lipinski definition) is 1. The molecule has 0 bridgehead atoms. The second-order valence-electron chi connectivity index (χ2n) is 5.77. The van der Waals surface area contributed by atoms with Crippen LogP contribution in [0.25, 0.3) is 0 Å². The van der Waals surface area contributed by atoms with Gasteiger partial charge in [0.2, 0.25) is 0 Å². The van der Waals surface area contributed by atoms with Gasteiger partial charge in [-0.15, -0.1) is 6.42 Å². The molecule has 0 saturated heterocycles. The standard InChI is InChI=1S/C11H16O.C6H7.ClH.Ti/c1-8-5-9(11(2,3)4)7-10(12)6-8;1-6-4-2-3-5-6;;/h5-7,12H,1-4H3;2,4H,3H2,1H3;1H;/q;-1;;/p-1. The largest absolute Gasteiger partial charge is 1.00 e. The molecule has 1 aliphatic rings. The molecule has 0 radical (unpaired) electrons. The third-order valence-electron chi connectivity index (χ3n) is 2.79. The van der Waals surface area contributed by atoms with E-state index in [4.69, 9.17) is 0 Å². The average Bonchev–Trinajstić information content (AvgIpc) is 2.67. The second-order valence-corrected chi connectivity index (χ2v) is 5.77. The molecular weight excluding hydrogens is 304 g/mol. The summed E-state index contributed by atoms with van der Waals surface area (Å²) in [6.07, 6.45) is 8.33. The minimum absolute atomic E-state index is 0. The van der Waals surface area contributed by atoms with Crippen LogP contribution in [0.3, 0.4) is 0 Å². The molecule has 1 aromatic carbocycles. The van der Waals surface area contributed by atoms with Crippen molar-refractivity contribution in [3.8, 4) is 5.75 Å². The number of aryl methyl sites for hydroxylation is 1. The van der Waals surface area contributed by atoms with Gasteiger partial charge in [-0.2, -0.15) is 6.08 Å². The Kier molecular flexibility index (Phi) is 10.3. The van der Waals surface area contributed by atoms with Crippen molar-refractivity contribution >= 4 is 0 Å². The van der Waals surface area contributed by atoms with Gasteiger partial charge >= 0.3 is 0 Å². The molecular formula is C17H23ClOTi-2. The molecule has 0 aliphatic heterocycles. The normalized spacial score (nSPS) is 12.6. The summed E-state index contributed by atoms with van der Waals surface area (Å²) < 4.78 is 0. The van der Waals surface area contributed by atoms with Gasteiger partial charge in [-0.3, -0.25) is 6.08 Å². The second kappa shape index (κ2) is 9.44. The first kappa shape index (κ1) is 21.8. The smallest absolute Gasteiger partial charge is 0.116 e. The van der Waals surface area contributed by atoms with Crippen LogP contribution >= 0.6 is 0 Å². The fourth-order valence-corrected chi connectivity index (χ4v) is 1.71. The van der Waals surface area contributed by atoms with Crippen LogP contribution in [0.4, 0.5) is 0 Å². The maximum Gasteiger partial charge on any atom is 0.116 e. The topological polar surface area (TPSA) is 20.2 Å². The fraction of sp³-hybridized carbons (Fsp3) is 0.412. The van der Waals surface area contributed by atoms with E-state index in [0.29, 0.717) is 5.75 Å². The summed E-state index contributed by atoms with van der Waals surface area (Å²) in [4.78, 5) is 0. The molecule has 2 rings (SSSR count). The number of aromatic hydroxyl groups is 1. The van der Waals surface area contributed by atoms with Crippen molar-refractivity contribution in [3.63, 3.8) is 0 Å². The van der Waals surface area contributed by atoms with Gasteiger partial charge in [0.1, 0.15) is 5.75 Å². The Morgan fingerprint density at radius 2 is 1.70 bits per heavy atom. The molecule has 110 valence electrons. The predicted molar refractivity (Wildman–Crippen MR) is 77.7 cm³/mol. The molecule has 1 aliphatic carbocycles. The summed E-state index contributed by atoms with van der Waals surface area (Å²) in [7, 11) is 0. The molecule has 0 amide bonds. The van der Waals surface area contributed by atoms with E-state index in [1.165, 1.54) is 11.1 Å². The molecule has 1 nitrogen and oxygen atoms in total. The van der Waals surface area contributed by atoms with E-state index in [9.17, 15) is 5.11 Å². The Balaban J connectivity index is 0. The van der Waals surface area contributed by atoms with Crippen LogP contribution < -0.4 is 12.4 Å². The van der Waals surface area contributed by atoms with Crippen molar-refractivity contribution in [3.05, 3.63) is 53.1 Å².